The summed E-state index contributed by atoms with van der Waals surface area (Å²) < 4.78 is 11.5. The molecule has 0 fully saturated rings. The van der Waals surface area contributed by atoms with Gasteiger partial charge in [-0.15, -0.1) is 0 Å². The van der Waals surface area contributed by atoms with E-state index >= 15 is 0 Å². The van der Waals surface area contributed by atoms with E-state index in [9.17, 15) is 0 Å². The van der Waals surface area contributed by atoms with Gasteiger partial charge < -0.3 is 8.85 Å². The predicted molar refractivity (Wildman–Crippen MR) is 76.7 cm³/mol. The lowest BCUT2D eigenvalue weighted by Crippen LogP contribution is -2.23. The van der Waals surface area contributed by atoms with Crippen molar-refractivity contribution in [3.05, 3.63) is 12.3 Å². The zero-order chi connectivity index (χ0) is 12.8. The minimum absolute atomic E-state index is 0.478. The molecule has 0 heterocycles. The number of hydrogen-bond acceptors (Lipinski definition) is 2. The Balaban J connectivity index is 4.13. The third-order valence-electron chi connectivity index (χ3n) is 2.23. The van der Waals surface area contributed by atoms with E-state index in [1.165, 1.54) is 0 Å². The van der Waals surface area contributed by atoms with Gasteiger partial charge in [-0.05, 0) is 44.7 Å². The van der Waals surface area contributed by atoms with Gasteiger partial charge in [0.15, 0.2) is 9.04 Å². The molecule has 16 heavy (non-hydrogen) atoms. The molecule has 2 nitrogen and oxygen atoms in total. The summed E-state index contributed by atoms with van der Waals surface area (Å²) in [7, 11) is -2.32. The first-order valence-electron chi connectivity index (χ1n) is 6.18. The minimum Gasteiger partial charge on any atom is -0.550 e. The molecular weight excluding hydrogens is 232 g/mol. The van der Waals surface area contributed by atoms with Gasteiger partial charge in [0.05, 0.1) is 6.26 Å². The summed E-state index contributed by atoms with van der Waals surface area (Å²) in [6.07, 6.45) is 4.06. The Hall–Kier alpha value is -0.0662. The first kappa shape index (κ1) is 15.9. The minimum atomic E-state index is -1.42. The van der Waals surface area contributed by atoms with Crippen LogP contribution < -0.4 is 0 Å². The summed E-state index contributed by atoms with van der Waals surface area (Å²) in [5.74, 6) is 1.08. The molecule has 0 aromatic heterocycles. The third-order valence-corrected chi connectivity index (χ3v) is 3.93. The van der Waals surface area contributed by atoms with Gasteiger partial charge in [0.25, 0.3) is 0 Å². The maximum Gasteiger partial charge on any atom is 0.241 e. The Bertz CT molecular complexity index is 208. The second kappa shape index (κ2) is 7.30. The van der Waals surface area contributed by atoms with E-state index in [1.807, 2.05) is 6.26 Å². The fraction of sp³-hybridized carbons (Fsp3) is 0.833. The van der Waals surface area contributed by atoms with Crippen LogP contribution in [0.3, 0.4) is 0 Å². The van der Waals surface area contributed by atoms with Crippen molar-refractivity contribution in [2.24, 2.45) is 11.8 Å². The molecule has 0 rings (SSSR count). The summed E-state index contributed by atoms with van der Waals surface area (Å²) in [5.41, 5.74) is 0. The Morgan fingerprint density at radius 1 is 1.19 bits per heavy atom. The molecule has 0 radical (unpaired) electrons. The first-order chi connectivity index (χ1) is 7.22. The van der Waals surface area contributed by atoms with Crippen molar-refractivity contribution in [3.63, 3.8) is 0 Å². The predicted octanol–water partition coefficient (Wildman–Crippen LogP) is 3.62. The van der Waals surface area contributed by atoms with Crippen LogP contribution in [0.1, 0.15) is 13.8 Å². The second-order valence-corrected chi connectivity index (χ2v) is 12.7. The van der Waals surface area contributed by atoms with Gasteiger partial charge in [0, 0.05) is 12.5 Å². The van der Waals surface area contributed by atoms with Crippen molar-refractivity contribution in [1.82, 2.24) is 0 Å². The Morgan fingerprint density at radius 3 is 2.12 bits per heavy atom. The van der Waals surface area contributed by atoms with Gasteiger partial charge in [0.2, 0.25) is 8.32 Å². The molecule has 0 amide bonds. The van der Waals surface area contributed by atoms with E-state index in [1.54, 1.807) is 0 Å². The molecule has 0 aliphatic rings. The molecule has 1 atom stereocenters. The van der Waals surface area contributed by atoms with Crippen LogP contribution in [0.5, 0.6) is 0 Å². The van der Waals surface area contributed by atoms with E-state index < -0.39 is 17.4 Å². The van der Waals surface area contributed by atoms with Crippen LogP contribution in [0, 0.1) is 11.8 Å². The van der Waals surface area contributed by atoms with Crippen LogP contribution >= 0.6 is 0 Å². The van der Waals surface area contributed by atoms with Gasteiger partial charge in [0.1, 0.15) is 0 Å². The van der Waals surface area contributed by atoms with E-state index in [-0.39, 0.29) is 0 Å². The topological polar surface area (TPSA) is 18.5 Å². The average molecular weight is 261 g/mol. The highest BCUT2D eigenvalue weighted by Crippen LogP contribution is 2.14. The molecule has 1 unspecified atom stereocenters. The highest BCUT2D eigenvalue weighted by Gasteiger charge is 2.15. The lowest BCUT2D eigenvalue weighted by atomic mass is 9.97. The van der Waals surface area contributed by atoms with E-state index in [0.717, 1.165) is 6.61 Å². The summed E-state index contributed by atoms with van der Waals surface area (Å²) >= 11 is 0. The van der Waals surface area contributed by atoms with Crippen molar-refractivity contribution in [2.45, 2.75) is 46.6 Å². The fourth-order valence-corrected chi connectivity index (χ4v) is 2.21. The highest BCUT2D eigenvalue weighted by molar-refractivity contribution is 6.69. The molecule has 0 aliphatic carbocycles. The van der Waals surface area contributed by atoms with Crippen molar-refractivity contribution in [1.29, 1.82) is 0 Å². The lowest BCUT2D eigenvalue weighted by molar-refractivity contribution is 0.244. The smallest absolute Gasteiger partial charge is 0.241 e. The van der Waals surface area contributed by atoms with Gasteiger partial charge >= 0.3 is 0 Å². The standard InChI is InChI=1S/C12H28O2Si2/c1-11(2)12(10-13-15(3)4)8-9-14-16(5,6)7/h8-9,11-12,15H,10H2,1-7H3. The van der Waals surface area contributed by atoms with Crippen LogP contribution in [0.15, 0.2) is 12.3 Å². The van der Waals surface area contributed by atoms with Crippen LogP contribution in [0.25, 0.3) is 0 Å². The average Bonchev–Trinajstić information content (AvgIpc) is 2.07. The summed E-state index contributed by atoms with van der Waals surface area (Å²) in [5, 5.41) is 0. The number of rotatable bonds is 7. The van der Waals surface area contributed by atoms with Crippen molar-refractivity contribution >= 4 is 17.4 Å². The summed E-state index contributed by atoms with van der Waals surface area (Å²) in [6, 6.07) is 0. The summed E-state index contributed by atoms with van der Waals surface area (Å²) in [6.45, 7) is 16.3. The second-order valence-electron chi connectivity index (χ2n) is 5.85. The SMILES string of the molecule is CC(C)C(C=CO[Si](C)(C)C)CO[SiH](C)C. The van der Waals surface area contributed by atoms with E-state index in [2.05, 4.69) is 52.7 Å². The van der Waals surface area contributed by atoms with E-state index in [0.29, 0.717) is 11.8 Å². The molecule has 96 valence electrons. The largest absolute Gasteiger partial charge is 0.550 e. The molecule has 0 bridgehead atoms. The molecular formula is C12H28O2Si2. The fourth-order valence-electron chi connectivity index (χ4n) is 1.12. The molecule has 0 aromatic rings. The van der Waals surface area contributed by atoms with Gasteiger partial charge in [-0.3, -0.25) is 0 Å². The zero-order valence-corrected chi connectivity index (χ0v) is 14.1. The van der Waals surface area contributed by atoms with Gasteiger partial charge in [-0.1, -0.05) is 13.8 Å². The van der Waals surface area contributed by atoms with E-state index in [4.69, 9.17) is 8.85 Å². The molecule has 0 aliphatic heterocycles. The quantitative estimate of drug-likeness (QED) is 0.514. The highest BCUT2D eigenvalue weighted by atomic mass is 28.4. The number of hydrogen-bond donors (Lipinski definition) is 0. The molecule has 0 spiro atoms. The maximum absolute atomic E-state index is 5.79. The van der Waals surface area contributed by atoms with Crippen molar-refractivity contribution < 1.29 is 8.85 Å². The molecule has 0 saturated carbocycles. The lowest BCUT2D eigenvalue weighted by Gasteiger charge is -2.20. The van der Waals surface area contributed by atoms with Gasteiger partial charge in [-0.2, -0.15) is 0 Å². The monoisotopic (exact) mass is 260 g/mol. The van der Waals surface area contributed by atoms with Gasteiger partial charge in [-0.25, -0.2) is 0 Å². The van der Waals surface area contributed by atoms with Crippen molar-refractivity contribution in [3.8, 4) is 0 Å². The zero-order valence-electron chi connectivity index (χ0n) is 11.9. The van der Waals surface area contributed by atoms with Crippen LogP contribution in [-0.4, -0.2) is 24.0 Å². The van der Waals surface area contributed by atoms with Crippen LogP contribution in [0.4, 0.5) is 0 Å². The Morgan fingerprint density at radius 2 is 1.75 bits per heavy atom. The molecule has 0 saturated heterocycles. The molecule has 4 heteroatoms. The Labute approximate surface area is 104 Å². The van der Waals surface area contributed by atoms with Crippen LogP contribution in [0.2, 0.25) is 32.7 Å². The third kappa shape index (κ3) is 9.18. The summed E-state index contributed by atoms with van der Waals surface area (Å²) in [4.78, 5) is 0. The van der Waals surface area contributed by atoms with Crippen LogP contribution in [-0.2, 0) is 8.85 Å². The normalized spacial score (nSPS) is 15.1. The Kier molecular flexibility index (Phi) is 7.27. The first-order valence-corrected chi connectivity index (χ1v) is 12.4. The van der Waals surface area contributed by atoms with Crippen molar-refractivity contribution in [2.75, 3.05) is 6.61 Å². The maximum atomic E-state index is 5.79. The molecule has 0 N–H and O–H groups in total. The molecule has 0 aromatic carbocycles.